The fourth-order valence-corrected chi connectivity index (χ4v) is 10.0. The van der Waals surface area contributed by atoms with Gasteiger partial charge in [-0.25, -0.2) is 13.1 Å². The minimum Gasteiger partial charge on any atom is -0.490 e. The zero-order valence-corrected chi connectivity index (χ0v) is 30.1. The molecule has 2 aromatic rings. The number of amides is 2. The second-order valence-electron chi connectivity index (χ2n) is 14.9. The summed E-state index contributed by atoms with van der Waals surface area (Å²) in [6.07, 6.45) is 11.1. The Hall–Kier alpha value is -3.08. The zero-order valence-electron chi connectivity index (χ0n) is 28.5. The van der Waals surface area contributed by atoms with Crippen molar-refractivity contribution in [2.75, 3.05) is 44.3 Å². The Bertz CT molecular complexity index is 1730. The van der Waals surface area contributed by atoms with Crippen LogP contribution in [0.15, 0.2) is 48.6 Å². The number of sulfonamides is 1. The number of rotatable bonds is 4. The highest BCUT2D eigenvalue weighted by atomic mass is 35.5. The fraction of sp³-hybridized carbons (Fsp3) is 0.579. The average molecular weight is 710 g/mol. The maximum absolute atomic E-state index is 13.5. The van der Waals surface area contributed by atoms with Crippen LogP contribution >= 0.6 is 11.6 Å². The third kappa shape index (κ3) is 6.97. The van der Waals surface area contributed by atoms with Crippen molar-refractivity contribution >= 4 is 39.1 Å². The van der Waals surface area contributed by atoms with Gasteiger partial charge in [0.2, 0.25) is 15.9 Å². The third-order valence-corrected chi connectivity index (χ3v) is 14.0. The maximum Gasteiger partial charge on any atom is 0.264 e. The SMILES string of the molecule is C[C@@H]1[C@@H](C)C/C=C\[C@H](OCCN2CCCC2=O)[C@@H]2CC[C@H]2CN2C[C@@]3(CCCc4cc(Cl)ccc43)COc3ccc(cc32)C(=O)NS1(=O)=O. The normalized spacial score (nSPS) is 31.9. The van der Waals surface area contributed by atoms with Gasteiger partial charge < -0.3 is 19.3 Å². The number of likely N-dealkylation sites (tertiary alicyclic amines) is 1. The second kappa shape index (κ2) is 13.9. The van der Waals surface area contributed by atoms with Crippen molar-refractivity contribution < 1.29 is 27.5 Å². The Morgan fingerprint density at radius 1 is 1.08 bits per heavy atom. The van der Waals surface area contributed by atoms with Gasteiger partial charge in [-0.15, -0.1) is 0 Å². The lowest BCUT2D eigenvalue weighted by atomic mass is 9.68. The van der Waals surface area contributed by atoms with Crippen molar-refractivity contribution in [2.45, 2.75) is 82.0 Å². The van der Waals surface area contributed by atoms with Gasteiger partial charge in [-0.3, -0.25) is 9.59 Å². The molecule has 264 valence electrons. The Labute approximate surface area is 295 Å². The summed E-state index contributed by atoms with van der Waals surface area (Å²) >= 11 is 6.45. The van der Waals surface area contributed by atoms with Gasteiger partial charge in [0.15, 0.2) is 0 Å². The zero-order chi connectivity index (χ0) is 34.3. The Balaban J connectivity index is 1.24. The first-order valence-corrected chi connectivity index (χ1v) is 19.9. The van der Waals surface area contributed by atoms with Crippen LogP contribution in [0.1, 0.15) is 80.3 Å². The fourth-order valence-electron chi connectivity index (χ4n) is 8.56. The number of hydrogen-bond donors (Lipinski definition) is 1. The van der Waals surface area contributed by atoms with E-state index in [0.29, 0.717) is 50.8 Å². The molecule has 2 aliphatic carbocycles. The summed E-state index contributed by atoms with van der Waals surface area (Å²) in [5.74, 6) is 0.627. The number of benzene rings is 2. The molecule has 1 saturated heterocycles. The quantitative estimate of drug-likeness (QED) is 0.395. The molecular weight excluding hydrogens is 662 g/mol. The third-order valence-electron chi connectivity index (χ3n) is 11.9. The summed E-state index contributed by atoms with van der Waals surface area (Å²) in [5.41, 5.74) is 3.35. The Kier molecular flexibility index (Phi) is 9.76. The Morgan fingerprint density at radius 3 is 2.71 bits per heavy atom. The Morgan fingerprint density at radius 2 is 1.94 bits per heavy atom. The van der Waals surface area contributed by atoms with Gasteiger partial charge in [0.05, 0.1) is 30.3 Å². The van der Waals surface area contributed by atoms with Gasteiger partial charge in [0, 0.05) is 48.6 Å². The van der Waals surface area contributed by atoms with Crippen LogP contribution in [-0.4, -0.2) is 75.9 Å². The van der Waals surface area contributed by atoms with E-state index in [1.54, 1.807) is 19.1 Å². The van der Waals surface area contributed by atoms with Gasteiger partial charge in [0.1, 0.15) is 5.75 Å². The number of carbonyl (C=O) groups excluding carboxylic acids is 2. The number of aryl methyl sites for hydroxylation is 1. The second-order valence-corrected chi connectivity index (χ2v) is 17.4. The number of carbonyl (C=O) groups is 2. The molecule has 2 amide bonds. The van der Waals surface area contributed by atoms with Crippen LogP contribution in [0.3, 0.4) is 0 Å². The molecule has 2 bridgehead atoms. The maximum atomic E-state index is 13.5. The number of fused-ring (bicyclic) bond motifs is 4. The van der Waals surface area contributed by atoms with Crippen LogP contribution in [0.5, 0.6) is 5.75 Å². The molecule has 11 heteroatoms. The standard InChI is InChI=1S/C38H48ClN3O6S/c1-25-6-3-8-34(47-19-18-41-17-5-9-36(41)43)31-13-10-29(31)22-42-23-38(16-4-7-27-20-30(39)12-14-32(27)38)24-48-35-15-11-28(21-33(35)42)37(44)40-49(45,46)26(25)2/h3,8,11-12,14-15,20-21,25-26,29,31,34H,4-7,9-10,13,16-19,22-24H2,1-2H3,(H,40,44)/b8-3-/t25-,26+,29-,31+,34-,38-/m0/s1. The van der Waals surface area contributed by atoms with Crippen LogP contribution in [-0.2, 0) is 31.4 Å². The number of anilines is 1. The number of halogens is 1. The lowest BCUT2D eigenvalue weighted by Gasteiger charge is -2.46. The van der Waals surface area contributed by atoms with Crippen LogP contribution in [0, 0.1) is 17.8 Å². The van der Waals surface area contributed by atoms with Crippen molar-refractivity contribution in [1.29, 1.82) is 0 Å². The van der Waals surface area contributed by atoms with Crippen LogP contribution in [0.25, 0.3) is 0 Å². The van der Waals surface area contributed by atoms with E-state index in [2.05, 4.69) is 27.8 Å². The molecule has 49 heavy (non-hydrogen) atoms. The molecule has 1 spiro atoms. The number of nitrogens with zero attached hydrogens (tertiary/aromatic N) is 2. The number of allylic oxidation sites excluding steroid dienone is 1. The van der Waals surface area contributed by atoms with Crippen molar-refractivity contribution in [1.82, 2.24) is 9.62 Å². The van der Waals surface area contributed by atoms with Gasteiger partial charge >= 0.3 is 0 Å². The molecule has 9 nitrogen and oxygen atoms in total. The van der Waals surface area contributed by atoms with Gasteiger partial charge in [-0.1, -0.05) is 36.7 Å². The molecule has 5 aliphatic rings. The molecule has 7 rings (SSSR count). The van der Waals surface area contributed by atoms with E-state index in [0.717, 1.165) is 62.3 Å². The van der Waals surface area contributed by atoms with Crippen LogP contribution in [0.2, 0.25) is 5.02 Å². The first-order chi connectivity index (χ1) is 23.5. The number of nitrogens with one attached hydrogen (secondary N) is 1. The molecule has 2 fully saturated rings. The molecular formula is C38H48ClN3O6S. The summed E-state index contributed by atoms with van der Waals surface area (Å²) in [5, 5.41) is -0.0511. The van der Waals surface area contributed by atoms with E-state index in [9.17, 15) is 18.0 Å². The van der Waals surface area contributed by atoms with Gasteiger partial charge in [-0.2, -0.15) is 0 Å². The summed E-state index contributed by atoms with van der Waals surface area (Å²) in [7, 11) is -3.95. The van der Waals surface area contributed by atoms with Crippen molar-refractivity contribution in [2.24, 2.45) is 17.8 Å². The first kappa shape index (κ1) is 34.4. The highest BCUT2D eigenvalue weighted by Gasteiger charge is 2.44. The van der Waals surface area contributed by atoms with E-state index in [-0.39, 0.29) is 34.8 Å². The molecule has 6 atom stereocenters. The predicted molar refractivity (Wildman–Crippen MR) is 191 cm³/mol. The highest BCUT2D eigenvalue weighted by Crippen LogP contribution is 2.47. The average Bonchev–Trinajstić information content (AvgIpc) is 3.40. The van der Waals surface area contributed by atoms with E-state index < -0.39 is 21.2 Å². The molecule has 1 saturated carbocycles. The predicted octanol–water partition coefficient (Wildman–Crippen LogP) is 5.89. The molecule has 0 aromatic heterocycles. The topological polar surface area (TPSA) is 105 Å². The number of ether oxygens (including phenoxy) is 2. The van der Waals surface area contributed by atoms with Crippen LogP contribution in [0.4, 0.5) is 5.69 Å². The molecule has 3 aliphatic heterocycles. The van der Waals surface area contributed by atoms with E-state index in [1.807, 2.05) is 30.0 Å². The van der Waals surface area contributed by atoms with E-state index >= 15 is 0 Å². The van der Waals surface area contributed by atoms with Crippen LogP contribution < -0.4 is 14.4 Å². The van der Waals surface area contributed by atoms with E-state index in [4.69, 9.17) is 21.1 Å². The smallest absolute Gasteiger partial charge is 0.264 e. The lowest BCUT2D eigenvalue weighted by Crippen LogP contribution is -2.50. The first-order valence-electron chi connectivity index (χ1n) is 18.0. The molecule has 0 unspecified atom stereocenters. The van der Waals surface area contributed by atoms with Crippen molar-refractivity contribution in [3.05, 3.63) is 70.3 Å². The molecule has 0 radical (unpaired) electrons. The minimum absolute atomic E-state index is 0.149. The monoisotopic (exact) mass is 709 g/mol. The summed E-state index contributed by atoms with van der Waals surface area (Å²) in [4.78, 5) is 30.1. The largest absolute Gasteiger partial charge is 0.490 e. The summed E-state index contributed by atoms with van der Waals surface area (Å²) in [6, 6.07) is 11.5. The van der Waals surface area contributed by atoms with Gasteiger partial charge in [-0.05, 0) is 111 Å². The van der Waals surface area contributed by atoms with E-state index in [1.165, 1.54) is 11.1 Å². The summed E-state index contributed by atoms with van der Waals surface area (Å²) in [6.45, 7) is 7.33. The summed E-state index contributed by atoms with van der Waals surface area (Å²) < 4.78 is 42.4. The lowest BCUT2D eigenvalue weighted by molar-refractivity contribution is -0.128. The van der Waals surface area contributed by atoms with Crippen molar-refractivity contribution in [3.63, 3.8) is 0 Å². The van der Waals surface area contributed by atoms with Gasteiger partial charge in [0.25, 0.3) is 5.91 Å². The molecule has 1 N–H and O–H groups in total. The highest BCUT2D eigenvalue weighted by molar-refractivity contribution is 7.90. The molecule has 3 heterocycles. The molecule has 2 aromatic carbocycles. The minimum atomic E-state index is -3.95. The number of hydrogen-bond acceptors (Lipinski definition) is 7. The van der Waals surface area contributed by atoms with Crippen molar-refractivity contribution in [3.8, 4) is 5.75 Å².